The van der Waals surface area contributed by atoms with E-state index >= 15 is 0 Å². The third-order valence-corrected chi connectivity index (χ3v) is 3.97. The van der Waals surface area contributed by atoms with E-state index in [4.69, 9.17) is 14.6 Å². The van der Waals surface area contributed by atoms with E-state index in [0.29, 0.717) is 24.7 Å². The third kappa shape index (κ3) is 5.45. The van der Waals surface area contributed by atoms with Crippen molar-refractivity contribution in [2.45, 2.75) is 40.3 Å². The van der Waals surface area contributed by atoms with Gasteiger partial charge in [-0.2, -0.15) is 0 Å². The summed E-state index contributed by atoms with van der Waals surface area (Å²) in [6.45, 7) is 8.70. The predicted molar refractivity (Wildman–Crippen MR) is 101 cm³/mol. The second-order valence-corrected chi connectivity index (χ2v) is 6.47. The zero-order valence-electron chi connectivity index (χ0n) is 16.5. The molecule has 1 aromatic heterocycles. The van der Waals surface area contributed by atoms with Gasteiger partial charge in [-0.3, -0.25) is 4.79 Å². The lowest BCUT2D eigenvalue weighted by molar-refractivity contribution is -0.123. The summed E-state index contributed by atoms with van der Waals surface area (Å²) in [4.78, 5) is 23.3. The molecule has 2 aromatic rings. The number of amides is 1. The van der Waals surface area contributed by atoms with Crippen LogP contribution in [0.5, 0.6) is 11.5 Å². The van der Waals surface area contributed by atoms with Gasteiger partial charge < -0.3 is 19.9 Å². The number of ether oxygens (including phenoxy) is 2. The number of carbonyl (C=O) groups is 2. The number of carboxylic acids is 1. The third-order valence-electron chi connectivity index (χ3n) is 3.97. The van der Waals surface area contributed by atoms with Crippen LogP contribution >= 0.6 is 0 Å². The molecule has 0 saturated carbocycles. The van der Waals surface area contributed by atoms with Gasteiger partial charge in [-0.25, -0.2) is 9.48 Å². The van der Waals surface area contributed by atoms with Crippen molar-refractivity contribution >= 4 is 11.9 Å². The Morgan fingerprint density at radius 3 is 2.43 bits per heavy atom. The smallest absolute Gasteiger partial charge is 0.358 e. The number of aromatic carboxylic acids is 1. The molecule has 2 rings (SSSR count). The summed E-state index contributed by atoms with van der Waals surface area (Å²) < 4.78 is 12.5. The first-order valence-electron chi connectivity index (χ1n) is 9.18. The van der Waals surface area contributed by atoms with E-state index < -0.39 is 5.97 Å². The summed E-state index contributed by atoms with van der Waals surface area (Å²) in [5, 5.41) is 19.0. The summed E-state index contributed by atoms with van der Waals surface area (Å²) in [6.07, 6.45) is 1.22. The van der Waals surface area contributed by atoms with Gasteiger partial charge in [0.25, 0.3) is 0 Å². The van der Waals surface area contributed by atoms with Gasteiger partial charge in [-0.15, -0.1) is 5.10 Å². The number of carboxylic acid groups (broad SMARTS) is 1. The molecule has 0 spiro atoms. The van der Waals surface area contributed by atoms with Crippen LogP contribution in [0.2, 0.25) is 0 Å². The molecule has 0 aliphatic carbocycles. The molecular weight excluding hydrogens is 364 g/mol. The summed E-state index contributed by atoms with van der Waals surface area (Å²) in [6, 6.07) is 5.35. The van der Waals surface area contributed by atoms with Crippen molar-refractivity contribution in [2.24, 2.45) is 5.92 Å². The van der Waals surface area contributed by atoms with Gasteiger partial charge in [0.15, 0.2) is 17.2 Å². The van der Waals surface area contributed by atoms with Crippen LogP contribution in [0.15, 0.2) is 24.4 Å². The van der Waals surface area contributed by atoms with Crippen LogP contribution in [0.3, 0.4) is 0 Å². The number of hydrogen-bond donors (Lipinski definition) is 2. The Morgan fingerprint density at radius 2 is 1.86 bits per heavy atom. The van der Waals surface area contributed by atoms with Crippen molar-refractivity contribution in [3.63, 3.8) is 0 Å². The first kappa shape index (κ1) is 21.2. The fourth-order valence-corrected chi connectivity index (χ4v) is 2.74. The van der Waals surface area contributed by atoms with Crippen molar-refractivity contribution in [3.8, 4) is 11.5 Å². The van der Waals surface area contributed by atoms with E-state index in [2.05, 4.69) is 15.6 Å². The van der Waals surface area contributed by atoms with Crippen LogP contribution in [-0.4, -0.2) is 45.2 Å². The zero-order chi connectivity index (χ0) is 20.7. The average Bonchev–Trinajstić information content (AvgIpc) is 3.10. The average molecular weight is 390 g/mol. The molecule has 1 aromatic carbocycles. The van der Waals surface area contributed by atoms with Crippen molar-refractivity contribution in [1.82, 2.24) is 20.3 Å². The lowest BCUT2D eigenvalue weighted by atomic mass is 9.95. The van der Waals surface area contributed by atoms with Gasteiger partial charge in [-0.1, -0.05) is 25.1 Å². The van der Waals surface area contributed by atoms with Crippen LogP contribution < -0.4 is 14.8 Å². The first-order valence-corrected chi connectivity index (χ1v) is 9.18. The molecule has 0 radical (unpaired) electrons. The molecule has 2 N–H and O–H groups in total. The molecule has 28 heavy (non-hydrogen) atoms. The zero-order valence-corrected chi connectivity index (χ0v) is 16.5. The number of carbonyl (C=O) groups excluding carboxylic acids is 1. The largest absolute Gasteiger partial charge is 0.490 e. The number of aromatic nitrogens is 3. The maximum atomic E-state index is 12.5. The molecule has 1 amide bonds. The molecule has 0 aliphatic rings. The highest BCUT2D eigenvalue weighted by Crippen LogP contribution is 2.32. The standard InChI is InChI=1S/C19H26N4O5/c1-5-27-15-8-7-13(9-16(15)28-6-2)18(12(3)4)20-17(24)11-23-10-14(19(25)26)21-22-23/h7-10,12,18H,5-6,11H2,1-4H3,(H,20,24)(H,25,26). The van der Waals surface area contributed by atoms with E-state index in [0.717, 1.165) is 5.56 Å². The first-order chi connectivity index (χ1) is 13.3. The highest BCUT2D eigenvalue weighted by Gasteiger charge is 2.21. The number of benzene rings is 1. The highest BCUT2D eigenvalue weighted by atomic mass is 16.5. The van der Waals surface area contributed by atoms with Gasteiger partial charge in [0.05, 0.1) is 25.5 Å². The van der Waals surface area contributed by atoms with Gasteiger partial charge in [0.2, 0.25) is 5.91 Å². The van der Waals surface area contributed by atoms with Crippen molar-refractivity contribution < 1.29 is 24.2 Å². The highest BCUT2D eigenvalue weighted by molar-refractivity contribution is 5.84. The molecule has 1 atom stereocenters. The number of nitrogens with zero attached hydrogens (tertiary/aromatic N) is 3. The quantitative estimate of drug-likeness (QED) is 0.639. The summed E-state index contributed by atoms with van der Waals surface area (Å²) in [5.41, 5.74) is 0.682. The van der Waals surface area contributed by atoms with Crippen LogP contribution in [0.25, 0.3) is 0 Å². The van der Waals surface area contributed by atoms with Gasteiger partial charge in [-0.05, 0) is 37.5 Å². The van der Waals surface area contributed by atoms with Gasteiger partial charge >= 0.3 is 5.97 Å². The minimum atomic E-state index is -1.19. The van der Waals surface area contributed by atoms with Crippen molar-refractivity contribution in [3.05, 3.63) is 35.7 Å². The molecular formula is C19H26N4O5. The van der Waals surface area contributed by atoms with E-state index in [1.165, 1.54) is 10.9 Å². The topological polar surface area (TPSA) is 116 Å². The number of rotatable bonds is 10. The molecule has 152 valence electrons. The Kier molecular flexibility index (Phi) is 7.36. The maximum absolute atomic E-state index is 12.5. The Hall–Kier alpha value is -3.10. The second kappa shape index (κ2) is 9.72. The van der Waals surface area contributed by atoms with Crippen LogP contribution in [0.1, 0.15) is 49.8 Å². The fourth-order valence-electron chi connectivity index (χ4n) is 2.74. The molecule has 0 saturated heterocycles. The SMILES string of the molecule is CCOc1ccc(C(NC(=O)Cn2cc(C(=O)O)nn2)C(C)C)cc1OCC. The molecule has 1 heterocycles. The lowest BCUT2D eigenvalue weighted by Gasteiger charge is -2.24. The Morgan fingerprint density at radius 1 is 1.18 bits per heavy atom. The summed E-state index contributed by atoms with van der Waals surface area (Å²) in [5.74, 6) is -0.0893. The molecule has 9 heteroatoms. The van der Waals surface area contributed by atoms with Crippen molar-refractivity contribution in [2.75, 3.05) is 13.2 Å². The van der Waals surface area contributed by atoms with E-state index in [9.17, 15) is 9.59 Å². The van der Waals surface area contributed by atoms with E-state index in [1.807, 2.05) is 45.9 Å². The minimum Gasteiger partial charge on any atom is -0.490 e. The van der Waals surface area contributed by atoms with Crippen LogP contribution in [0.4, 0.5) is 0 Å². The van der Waals surface area contributed by atoms with Gasteiger partial charge in [0.1, 0.15) is 6.54 Å². The second-order valence-electron chi connectivity index (χ2n) is 6.47. The lowest BCUT2D eigenvalue weighted by Crippen LogP contribution is -2.34. The summed E-state index contributed by atoms with van der Waals surface area (Å²) >= 11 is 0. The maximum Gasteiger partial charge on any atom is 0.358 e. The van der Waals surface area contributed by atoms with Crippen LogP contribution in [0, 0.1) is 5.92 Å². The molecule has 0 bridgehead atoms. The Balaban J connectivity index is 2.16. The van der Waals surface area contributed by atoms with Crippen molar-refractivity contribution in [1.29, 1.82) is 0 Å². The molecule has 9 nitrogen and oxygen atoms in total. The monoisotopic (exact) mass is 390 g/mol. The minimum absolute atomic E-state index is 0.113. The van der Waals surface area contributed by atoms with E-state index in [1.54, 1.807) is 0 Å². The van der Waals surface area contributed by atoms with Crippen LogP contribution in [-0.2, 0) is 11.3 Å². The van der Waals surface area contributed by atoms with E-state index in [-0.39, 0.29) is 30.1 Å². The number of nitrogens with one attached hydrogen (secondary N) is 1. The Labute approximate surface area is 163 Å². The normalized spacial score (nSPS) is 11.9. The summed E-state index contributed by atoms with van der Waals surface area (Å²) in [7, 11) is 0. The van der Waals surface area contributed by atoms with Gasteiger partial charge in [0, 0.05) is 0 Å². The Bertz CT molecular complexity index is 818. The number of hydrogen-bond acceptors (Lipinski definition) is 6. The molecule has 0 aliphatic heterocycles. The predicted octanol–water partition coefficient (Wildman–Crippen LogP) is 2.29. The molecule has 0 fully saturated rings. The fraction of sp³-hybridized carbons (Fsp3) is 0.474. The molecule has 1 unspecified atom stereocenters.